The monoisotopic (exact) mass is 222 g/mol. The van der Waals surface area contributed by atoms with Crippen LogP contribution in [0.4, 0.5) is 11.5 Å². The van der Waals surface area contributed by atoms with Crippen LogP contribution in [0.15, 0.2) is 16.3 Å². The van der Waals surface area contributed by atoms with E-state index in [2.05, 4.69) is 33.7 Å². The van der Waals surface area contributed by atoms with Crippen LogP contribution in [0.1, 0.15) is 13.8 Å². The van der Waals surface area contributed by atoms with Gasteiger partial charge in [0.1, 0.15) is 5.69 Å². The van der Waals surface area contributed by atoms with Crippen molar-refractivity contribution in [3.63, 3.8) is 0 Å². The van der Waals surface area contributed by atoms with Gasteiger partial charge in [-0.15, -0.1) is 0 Å². The smallest absolute Gasteiger partial charge is 0.189 e. The van der Waals surface area contributed by atoms with Gasteiger partial charge in [0, 0.05) is 12.3 Å². The quantitative estimate of drug-likeness (QED) is 0.568. The van der Waals surface area contributed by atoms with Crippen molar-refractivity contribution >= 4 is 29.5 Å². The van der Waals surface area contributed by atoms with Crippen LogP contribution in [-0.4, -0.2) is 35.0 Å². The number of hydrogen-bond acceptors (Lipinski definition) is 5. The van der Waals surface area contributed by atoms with Gasteiger partial charge in [0.25, 0.3) is 0 Å². The molecule has 5 heteroatoms. The molecule has 0 fully saturated rings. The maximum absolute atomic E-state index is 4.50. The average molecular weight is 222 g/mol. The second-order valence-corrected chi connectivity index (χ2v) is 4.40. The van der Waals surface area contributed by atoms with Crippen LogP contribution in [-0.2, 0) is 0 Å². The predicted octanol–water partition coefficient (Wildman–Crippen LogP) is 2.13. The van der Waals surface area contributed by atoms with Crippen LogP contribution in [0, 0.1) is 0 Å². The standard InChI is InChI=1S/C10H14N4S/c1-7(2)14-5-4-11-8-6-12-10(15-3)13-9(8)14/h4,6-7H,5H2,1-3H3. The van der Waals surface area contributed by atoms with Crippen molar-refractivity contribution in [2.75, 3.05) is 17.7 Å². The molecule has 0 unspecified atom stereocenters. The first-order chi connectivity index (χ1) is 7.22. The van der Waals surface area contributed by atoms with Crippen molar-refractivity contribution in [3.05, 3.63) is 6.20 Å². The van der Waals surface area contributed by atoms with Crippen LogP contribution in [0.2, 0.25) is 0 Å². The van der Waals surface area contributed by atoms with Gasteiger partial charge in [-0.1, -0.05) is 11.8 Å². The fraction of sp³-hybridized carbons (Fsp3) is 0.500. The Morgan fingerprint density at radius 1 is 1.47 bits per heavy atom. The maximum atomic E-state index is 4.50. The first kappa shape index (κ1) is 10.4. The van der Waals surface area contributed by atoms with E-state index in [9.17, 15) is 0 Å². The molecule has 0 saturated heterocycles. The fourth-order valence-corrected chi connectivity index (χ4v) is 1.86. The van der Waals surface area contributed by atoms with Gasteiger partial charge in [0.05, 0.1) is 12.7 Å². The Hall–Kier alpha value is -1.10. The SMILES string of the molecule is CSc1ncc2c(n1)N(C(C)C)CC=N2. The summed E-state index contributed by atoms with van der Waals surface area (Å²) in [6, 6.07) is 0.431. The molecule has 0 amide bonds. The molecule has 0 aliphatic carbocycles. The van der Waals surface area contributed by atoms with Gasteiger partial charge in [-0.25, -0.2) is 9.97 Å². The van der Waals surface area contributed by atoms with E-state index in [4.69, 9.17) is 0 Å². The summed E-state index contributed by atoms with van der Waals surface area (Å²) in [5.41, 5.74) is 0.868. The van der Waals surface area contributed by atoms with Gasteiger partial charge < -0.3 is 4.90 Å². The van der Waals surface area contributed by atoms with Gasteiger partial charge in [-0.2, -0.15) is 0 Å². The molecule has 2 heterocycles. The lowest BCUT2D eigenvalue weighted by Gasteiger charge is -2.29. The van der Waals surface area contributed by atoms with Gasteiger partial charge in [-0.05, 0) is 20.1 Å². The summed E-state index contributed by atoms with van der Waals surface area (Å²) in [5, 5.41) is 0.802. The molecule has 0 radical (unpaired) electrons. The number of rotatable bonds is 2. The third-order valence-electron chi connectivity index (χ3n) is 2.31. The highest BCUT2D eigenvalue weighted by Gasteiger charge is 2.19. The lowest BCUT2D eigenvalue weighted by Crippen LogP contribution is -2.34. The molecule has 15 heavy (non-hydrogen) atoms. The summed E-state index contributed by atoms with van der Waals surface area (Å²) in [7, 11) is 0. The Morgan fingerprint density at radius 2 is 2.27 bits per heavy atom. The molecule has 1 aliphatic rings. The molecule has 0 atom stereocenters. The molecule has 1 aliphatic heterocycles. The Balaban J connectivity index is 2.44. The van der Waals surface area contributed by atoms with E-state index >= 15 is 0 Å². The summed E-state index contributed by atoms with van der Waals surface area (Å²) in [6.07, 6.45) is 5.68. The zero-order valence-corrected chi connectivity index (χ0v) is 9.95. The molecule has 80 valence electrons. The molecule has 1 aromatic heterocycles. The van der Waals surface area contributed by atoms with Gasteiger partial charge in [-0.3, -0.25) is 4.99 Å². The van der Waals surface area contributed by atoms with Crippen molar-refractivity contribution in [2.45, 2.75) is 25.0 Å². The molecule has 4 nitrogen and oxygen atoms in total. The molecule has 0 aromatic carbocycles. The van der Waals surface area contributed by atoms with Gasteiger partial charge >= 0.3 is 0 Å². The first-order valence-corrected chi connectivity index (χ1v) is 6.15. The summed E-state index contributed by atoms with van der Waals surface area (Å²) < 4.78 is 0. The van der Waals surface area contributed by atoms with Crippen molar-refractivity contribution in [1.82, 2.24) is 9.97 Å². The number of anilines is 1. The third-order valence-corrected chi connectivity index (χ3v) is 2.88. The van der Waals surface area contributed by atoms with E-state index in [0.29, 0.717) is 6.04 Å². The normalized spacial score (nSPS) is 14.5. The zero-order chi connectivity index (χ0) is 10.8. The van der Waals surface area contributed by atoms with E-state index in [0.717, 1.165) is 23.2 Å². The second-order valence-electron chi connectivity index (χ2n) is 3.62. The number of aliphatic imine (C=N–C) groups is 1. The van der Waals surface area contributed by atoms with Crippen molar-refractivity contribution in [2.24, 2.45) is 4.99 Å². The van der Waals surface area contributed by atoms with Gasteiger partial charge in [0.15, 0.2) is 11.0 Å². The van der Waals surface area contributed by atoms with Crippen molar-refractivity contribution in [3.8, 4) is 0 Å². The highest BCUT2D eigenvalue weighted by Crippen LogP contribution is 2.30. The van der Waals surface area contributed by atoms with E-state index < -0.39 is 0 Å². The summed E-state index contributed by atoms with van der Waals surface area (Å²) in [6.45, 7) is 5.14. The topological polar surface area (TPSA) is 41.4 Å². The second kappa shape index (κ2) is 4.18. The summed E-state index contributed by atoms with van der Waals surface area (Å²) >= 11 is 1.55. The highest BCUT2D eigenvalue weighted by atomic mass is 32.2. The van der Waals surface area contributed by atoms with E-state index in [1.54, 1.807) is 18.0 Å². The minimum Gasteiger partial charge on any atom is -0.347 e. The minimum absolute atomic E-state index is 0.431. The molecule has 2 rings (SSSR count). The molecule has 1 aromatic rings. The van der Waals surface area contributed by atoms with Crippen LogP contribution in [0.25, 0.3) is 0 Å². The molecular weight excluding hydrogens is 208 g/mol. The Kier molecular flexibility index (Phi) is 2.90. The third kappa shape index (κ3) is 1.97. The van der Waals surface area contributed by atoms with Crippen LogP contribution in [0.5, 0.6) is 0 Å². The molecule has 0 bridgehead atoms. The Bertz CT molecular complexity index is 389. The molecular formula is C10H14N4S. The highest BCUT2D eigenvalue weighted by molar-refractivity contribution is 7.98. The minimum atomic E-state index is 0.431. The van der Waals surface area contributed by atoms with Crippen LogP contribution >= 0.6 is 11.8 Å². The fourth-order valence-electron chi connectivity index (χ4n) is 1.52. The zero-order valence-electron chi connectivity index (χ0n) is 9.14. The Morgan fingerprint density at radius 3 is 2.93 bits per heavy atom. The average Bonchev–Trinajstić information content (AvgIpc) is 2.27. The van der Waals surface area contributed by atoms with Crippen molar-refractivity contribution < 1.29 is 0 Å². The number of hydrogen-bond donors (Lipinski definition) is 0. The largest absolute Gasteiger partial charge is 0.347 e. The predicted molar refractivity (Wildman–Crippen MR) is 64.4 cm³/mol. The van der Waals surface area contributed by atoms with Gasteiger partial charge in [0.2, 0.25) is 0 Å². The van der Waals surface area contributed by atoms with E-state index in [1.165, 1.54) is 0 Å². The van der Waals surface area contributed by atoms with Crippen molar-refractivity contribution in [1.29, 1.82) is 0 Å². The van der Waals surface area contributed by atoms with E-state index in [-0.39, 0.29) is 0 Å². The number of fused-ring (bicyclic) bond motifs is 1. The van der Waals surface area contributed by atoms with Crippen LogP contribution < -0.4 is 4.90 Å². The molecule has 0 saturated carbocycles. The maximum Gasteiger partial charge on any atom is 0.189 e. The Labute approximate surface area is 93.8 Å². The van der Waals surface area contributed by atoms with E-state index in [1.807, 2.05) is 12.5 Å². The van der Waals surface area contributed by atoms with Crippen LogP contribution in [0.3, 0.4) is 0 Å². The number of nitrogens with zero attached hydrogens (tertiary/aromatic N) is 4. The summed E-state index contributed by atoms with van der Waals surface area (Å²) in [5.74, 6) is 0.951. The number of thioether (sulfide) groups is 1. The summed E-state index contributed by atoms with van der Waals surface area (Å²) in [4.78, 5) is 15.2. The lowest BCUT2D eigenvalue weighted by atomic mass is 10.2. The lowest BCUT2D eigenvalue weighted by molar-refractivity contribution is 0.710. The number of aromatic nitrogens is 2. The molecule has 0 N–H and O–H groups in total. The first-order valence-electron chi connectivity index (χ1n) is 4.92. The molecule has 0 spiro atoms.